The lowest BCUT2D eigenvalue weighted by Crippen LogP contribution is -2.38. The third kappa shape index (κ3) is 5.82. The Morgan fingerprint density at radius 3 is 2.54 bits per heavy atom. The van der Waals surface area contributed by atoms with Gasteiger partial charge in [-0.05, 0) is 18.2 Å². The van der Waals surface area contributed by atoms with Gasteiger partial charge >= 0.3 is 5.97 Å². The Bertz CT molecular complexity index is 618. The minimum atomic E-state index is -1.14. The van der Waals surface area contributed by atoms with Gasteiger partial charge in [0.1, 0.15) is 6.54 Å². The number of nitrogens with zero attached hydrogens (tertiary/aromatic N) is 1. The first kappa shape index (κ1) is 19.9. The normalized spacial score (nSPS) is 10.5. The van der Waals surface area contributed by atoms with Crippen molar-refractivity contribution in [3.63, 3.8) is 0 Å². The molecule has 132 valence electrons. The summed E-state index contributed by atoms with van der Waals surface area (Å²) in [7, 11) is 1.46. The summed E-state index contributed by atoms with van der Waals surface area (Å²) in [5.41, 5.74) is 0.541. The fourth-order valence-corrected chi connectivity index (χ4v) is 2.04. The molecular formula is C16H21ClN2O5. The first-order valence-corrected chi connectivity index (χ1v) is 7.74. The second-order valence-electron chi connectivity index (χ2n) is 5.45. The average Bonchev–Trinajstić information content (AvgIpc) is 2.52. The summed E-state index contributed by atoms with van der Waals surface area (Å²) in [6.07, 6.45) is 0. The highest BCUT2D eigenvalue weighted by atomic mass is 35.5. The first-order chi connectivity index (χ1) is 11.3. The molecule has 0 aliphatic carbocycles. The number of methoxy groups -OCH3 is 1. The van der Waals surface area contributed by atoms with Gasteiger partial charge in [0.25, 0.3) is 5.91 Å². The second-order valence-corrected chi connectivity index (χ2v) is 5.86. The maximum atomic E-state index is 12.6. The molecule has 0 saturated carbocycles. The van der Waals surface area contributed by atoms with Gasteiger partial charge in [-0.25, -0.2) is 0 Å². The number of carbonyl (C=O) groups is 3. The Hall–Kier alpha value is -2.12. The number of hydrogen-bond donors (Lipinski definition) is 2. The topological polar surface area (TPSA) is 95.9 Å². The monoisotopic (exact) mass is 356 g/mol. The average molecular weight is 357 g/mol. The summed E-state index contributed by atoms with van der Waals surface area (Å²) in [4.78, 5) is 36.4. The number of halogens is 1. The predicted molar refractivity (Wildman–Crippen MR) is 90.3 cm³/mol. The van der Waals surface area contributed by atoms with E-state index in [1.807, 2.05) is 0 Å². The Balaban J connectivity index is 3.05. The molecule has 1 aromatic carbocycles. The van der Waals surface area contributed by atoms with Gasteiger partial charge in [-0.2, -0.15) is 0 Å². The summed E-state index contributed by atoms with van der Waals surface area (Å²) >= 11 is 6.07. The molecule has 0 radical (unpaired) electrons. The van der Waals surface area contributed by atoms with Crippen molar-refractivity contribution >= 4 is 35.1 Å². The third-order valence-electron chi connectivity index (χ3n) is 3.17. The van der Waals surface area contributed by atoms with Crippen LogP contribution in [0.5, 0.6) is 0 Å². The van der Waals surface area contributed by atoms with Gasteiger partial charge in [0, 0.05) is 25.3 Å². The molecule has 0 aliphatic heterocycles. The SMILES string of the molecule is COCCN(CC(=O)O)C(=O)c1cc(NC(=O)C(C)C)ccc1Cl. The van der Waals surface area contributed by atoms with Gasteiger partial charge in [0.15, 0.2) is 0 Å². The Kier molecular flexibility index (Phi) is 7.67. The second kappa shape index (κ2) is 9.24. The fourth-order valence-electron chi connectivity index (χ4n) is 1.84. The smallest absolute Gasteiger partial charge is 0.323 e. The van der Waals surface area contributed by atoms with E-state index in [2.05, 4.69) is 5.32 Å². The third-order valence-corrected chi connectivity index (χ3v) is 3.50. The van der Waals surface area contributed by atoms with Crippen molar-refractivity contribution in [1.29, 1.82) is 0 Å². The summed E-state index contributed by atoms with van der Waals surface area (Å²) in [6, 6.07) is 4.50. The summed E-state index contributed by atoms with van der Waals surface area (Å²) in [5.74, 6) is -2.09. The zero-order chi connectivity index (χ0) is 18.3. The molecule has 0 fully saturated rings. The van der Waals surface area contributed by atoms with Crippen molar-refractivity contribution in [3.8, 4) is 0 Å². The molecule has 0 heterocycles. The number of carbonyl (C=O) groups excluding carboxylic acids is 2. The molecule has 0 unspecified atom stereocenters. The van der Waals surface area contributed by atoms with Gasteiger partial charge in [-0.1, -0.05) is 25.4 Å². The lowest BCUT2D eigenvalue weighted by atomic mass is 10.1. The van der Waals surface area contributed by atoms with Crippen LogP contribution in [-0.4, -0.2) is 54.6 Å². The van der Waals surface area contributed by atoms with Crippen LogP contribution in [0.1, 0.15) is 24.2 Å². The van der Waals surface area contributed by atoms with E-state index >= 15 is 0 Å². The van der Waals surface area contributed by atoms with Crippen LogP contribution in [0.15, 0.2) is 18.2 Å². The summed E-state index contributed by atoms with van der Waals surface area (Å²) in [6.45, 7) is 3.33. The van der Waals surface area contributed by atoms with Crippen molar-refractivity contribution in [1.82, 2.24) is 4.90 Å². The standard InChI is InChI=1S/C16H21ClN2O5/c1-10(2)15(22)18-11-4-5-13(17)12(8-11)16(23)19(6-7-24-3)9-14(20)21/h4-5,8,10H,6-7,9H2,1-3H3,(H,18,22)(H,20,21). The fraction of sp³-hybridized carbons (Fsp3) is 0.438. The van der Waals surface area contributed by atoms with Gasteiger partial charge in [0.05, 0.1) is 17.2 Å². The number of carboxylic acid groups (broad SMARTS) is 1. The summed E-state index contributed by atoms with van der Waals surface area (Å²) < 4.78 is 4.90. The van der Waals surface area contributed by atoms with E-state index in [0.29, 0.717) is 5.69 Å². The lowest BCUT2D eigenvalue weighted by molar-refractivity contribution is -0.137. The highest BCUT2D eigenvalue weighted by molar-refractivity contribution is 6.34. The molecular weight excluding hydrogens is 336 g/mol. The number of carboxylic acids is 1. The number of nitrogens with one attached hydrogen (secondary N) is 1. The van der Waals surface area contributed by atoms with E-state index < -0.39 is 18.4 Å². The molecule has 24 heavy (non-hydrogen) atoms. The van der Waals surface area contributed by atoms with Gasteiger partial charge in [0.2, 0.25) is 5.91 Å². The van der Waals surface area contributed by atoms with Crippen molar-refractivity contribution < 1.29 is 24.2 Å². The van der Waals surface area contributed by atoms with Crippen LogP contribution >= 0.6 is 11.6 Å². The molecule has 2 amide bonds. The van der Waals surface area contributed by atoms with Crippen molar-refractivity contribution in [2.24, 2.45) is 5.92 Å². The molecule has 0 aromatic heterocycles. The molecule has 0 spiro atoms. The predicted octanol–water partition coefficient (Wildman–Crippen LogP) is 2.11. The molecule has 0 aliphatic rings. The maximum Gasteiger partial charge on any atom is 0.323 e. The van der Waals surface area contributed by atoms with Crippen LogP contribution in [0.4, 0.5) is 5.69 Å². The van der Waals surface area contributed by atoms with Crippen LogP contribution < -0.4 is 5.32 Å². The van der Waals surface area contributed by atoms with E-state index in [1.165, 1.54) is 19.2 Å². The zero-order valence-corrected chi connectivity index (χ0v) is 14.6. The Labute approximate surface area is 145 Å². The summed E-state index contributed by atoms with van der Waals surface area (Å²) in [5, 5.41) is 11.8. The van der Waals surface area contributed by atoms with Gasteiger partial charge < -0.3 is 20.1 Å². The molecule has 0 atom stereocenters. The largest absolute Gasteiger partial charge is 0.480 e. The van der Waals surface area contributed by atoms with E-state index in [1.54, 1.807) is 19.9 Å². The van der Waals surface area contributed by atoms with E-state index in [4.69, 9.17) is 21.4 Å². The molecule has 8 heteroatoms. The number of rotatable bonds is 8. The van der Waals surface area contributed by atoms with Crippen molar-refractivity contribution in [2.75, 3.05) is 32.1 Å². The number of anilines is 1. The first-order valence-electron chi connectivity index (χ1n) is 7.36. The van der Waals surface area contributed by atoms with Crippen molar-refractivity contribution in [3.05, 3.63) is 28.8 Å². The molecule has 0 saturated heterocycles. The lowest BCUT2D eigenvalue weighted by Gasteiger charge is -2.21. The van der Waals surface area contributed by atoms with Gasteiger partial charge in [-0.3, -0.25) is 14.4 Å². The van der Waals surface area contributed by atoms with Gasteiger partial charge in [-0.15, -0.1) is 0 Å². The minimum absolute atomic E-state index is 0.112. The molecule has 2 N–H and O–H groups in total. The van der Waals surface area contributed by atoms with Crippen LogP contribution in [0.3, 0.4) is 0 Å². The zero-order valence-electron chi connectivity index (χ0n) is 13.8. The van der Waals surface area contributed by atoms with E-state index in [-0.39, 0.29) is 35.6 Å². The molecule has 1 aromatic rings. The number of aliphatic carboxylic acids is 1. The Morgan fingerprint density at radius 1 is 1.33 bits per heavy atom. The molecule has 1 rings (SSSR count). The van der Waals surface area contributed by atoms with E-state index in [0.717, 1.165) is 4.90 Å². The van der Waals surface area contributed by atoms with Crippen molar-refractivity contribution in [2.45, 2.75) is 13.8 Å². The maximum absolute atomic E-state index is 12.6. The minimum Gasteiger partial charge on any atom is -0.480 e. The van der Waals surface area contributed by atoms with Crippen LogP contribution in [-0.2, 0) is 14.3 Å². The molecule has 7 nitrogen and oxygen atoms in total. The number of benzene rings is 1. The van der Waals surface area contributed by atoms with Crippen LogP contribution in [0.25, 0.3) is 0 Å². The highest BCUT2D eigenvalue weighted by Crippen LogP contribution is 2.22. The quantitative estimate of drug-likeness (QED) is 0.743. The van der Waals surface area contributed by atoms with Crippen LogP contribution in [0.2, 0.25) is 5.02 Å². The molecule has 0 bridgehead atoms. The van der Waals surface area contributed by atoms with Crippen LogP contribution in [0, 0.1) is 5.92 Å². The number of hydrogen-bond acceptors (Lipinski definition) is 4. The van der Waals surface area contributed by atoms with E-state index in [9.17, 15) is 14.4 Å². The number of ether oxygens (including phenoxy) is 1. The number of amides is 2. The Morgan fingerprint density at radius 2 is 2.00 bits per heavy atom. The highest BCUT2D eigenvalue weighted by Gasteiger charge is 2.21.